The van der Waals surface area contributed by atoms with Gasteiger partial charge in [0.1, 0.15) is 0 Å². The smallest absolute Gasteiger partial charge is 0.269 e. The van der Waals surface area contributed by atoms with Crippen LogP contribution in [0.15, 0.2) is 109 Å². The summed E-state index contributed by atoms with van der Waals surface area (Å²) in [7, 11) is 0. The van der Waals surface area contributed by atoms with Gasteiger partial charge in [-0.2, -0.15) is 0 Å². The Balaban J connectivity index is 1.83. The number of ketones is 1. The van der Waals surface area contributed by atoms with Crippen molar-refractivity contribution < 1.29 is 14.6 Å². The van der Waals surface area contributed by atoms with E-state index in [0.717, 1.165) is 0 Å². The molecule has 0 saturated heterocycles. The number of hydrogen-bond donors (Lipinski definition) is 0. The van der Waals surface area contributed by atoms with Crippen molar-refractivity contribution in [3.05, 3.63) is 152 Å². The number of rotatable bonds is 6. The maximum Gasteiger partial charge on any atom is 0.269 e. The van der Waals surface area contributed by atoms with Gasteiger partial charge < -0.3 is 0 Å². The lowest BCUT2D eigenvalue weighted by molar-refractivity contribution is -0.385. The third kappa shape index (κ3) is 3.99. The van der Waals surface area contributed by atoms with E-state index in [1.54, 1.807) is 24.3 Å². The first-order valence-corrected chi connectivity index (χ1v) is 11.1. The van der Waals surface area contributed by atoms with Gasteiger partial charge in [0.25, 0.3) is 11.4 Å². The van der Waals surface area contributed by atoms with Crippen molar-refractivity contribution in [2.24, 2.45) is 0 Å². The van der Waals surface area contributed by atoms with E-state index in [-0.39, 0.29) is 17.2 Å². The highest BCUT2D eigenvalue weighted by atomic mass is 16.6. The summed E-state index contributed by atoms with van der Waals surface area (Å²) < 4.78 is 0. The fraction of sp³-hybridized carbons (Fsp3) is 0. The van der Waals surface area contributed by atoms with Crippen molar-refractivity contribution in [3.8, 4) is 0 Å². The highest BCUT2D eigenvalue weighted by Gasteiger charge is 2.35. The Labute approximate surface area is 206 Å². The summed E-state index contributed by atoms with van der Waals surface area (Å²) in [6.07, 6.45) is 0. The number of benzene rings is 4. The molecule has 0 bridgehead atoms. The maximum absolute atomic E-state index is 14.1. The van der Waals surface area contributed by atoms with Crippen LogP contribution in [0.1, 0.15) is 22.3 Å². The highest BCUT2D eigenvalue weighted by Crippen LogP contribution is 2.49. The molecule has 1 aliphatic rings. The molecule has 0 aliphatic heterocycles. The van der Waals surface area contributed by atoms with Gasteiger partial charge in [-0.05, 0) is 46.5 Å². The molecule has 7 nitrogen and oxygen atoms in total. The van der Waals surface area contributed by atoms with Crippen molar-refractivity contribution in [2.45, 2.75) is 0 Å². The van der Waals surface area contributed by atoms with E-state index in [4.69, 9.17) is 0 Å². The first-order valence-electron chi connectivity index (χ1n) is 11.1. The predicted octanol–water partition coefficient (Wildman–Crippen LogP) is 6.61. The van der Waals surface area contributed by atoms with Gasteiger partial charge in [0.2, 0.25) is 0 Å². The number of Topliss-reactive ketones (excluding diaryl/α,β-unsaturated/α-hetero) is 1. The summed E-state index contributed by atoms with van der Waals surface area (Å²) in [4.78, 5) is 35.7. The number of non-ortho nitro benzene ring substituents is 2. The molecule has 0 aromatic heterocycles. The van der Waals surface area contributed by atoms with E-state index in [1.165, 1.54) is 24.3 Å². The molecule has 0 atom stereocenters. The van der Waals surface area contributed by atoms with Crippen molar-refractivity contribution in [1.82, 2.24) is 0 Å². The van der Waals surface area contributed by atoms with Crippen LogP contribution in [0.4, 0.5) is 11.4 Å². The molecule has 1 aliphatic carbocycles. The molecule has 0 radical (unpaired) electrons. The van der Waals surface area contributed by atoms with Crippen molar-refractivity contribution in [3.63, 3.8) is 0 Å². The largest absolute Gasteiger partial charge is 0.289 e. The van der Waals surface area contributed by atoms with Crippen LogP contribution in [0, 0.1) is 20.2 Å². The summed E-state index contributed by atoms with van der Waals surface area (Å²) >= 11 is 0. The van der Waals surface area contributed by atoms with Crippen LogP contribution in [-0.2, 0) is 4.79 Å². The summed E-state index contributed by atoms with van der Waals surface area (Å²) in [5.41, 5.74) is 4.74. The third-order valence-electron chi connectivity index (χ3n) is 6.06. The number of carbonyl (C=O) groups is 1. The quantitative estimate of drug-likeness (QED) is 0.231. The molecular formula is C29H18N2O5. The molecule has 0 unspecified atom stereocenters. The molecule has 5 rings (SSSR count). The van der Waals surface area contributed by atoms with Crippen LogP contribution in [0.3, 0.4) is 0 Å². The molecule has 0 N–H and O–H groups in total. The zero-order chi connectivity index (χ0) is 25.2. The second kappa shape index (κ2) is 9.23. The van der Waals surface area contributed by atoms with E-state index in [0.29, 0.717) is 44.5 Å². The van der Waals surface area contributed by atoms with Crippen LogP contribution in [0.2, 0.25) is 0 Å². The van der Waals surface area contributed by atoms with Gasteiger partial charge in [-0.25, -0.2) is 0 Å². The van der Waals surface area contributed by atoms with Gasteiger partial charge >= 0.3 is 0 Å². The Hall–Kier alpha value is -5.17. The standard InChI is InChI=1S/C29H18N2O5/c32-29-27(19-7-3-1-4-8-19)25(21-11-15-23(16-12-21)30(33)34)26(28(29)20-9-5-2-6-10-20)22-13-17-24(18-14-22)31(35)36/h1-18H. The molecule has 7 heteroatoms. The van der Waals surface area contributed by atoms with Crippen LogP contribution < -0.4 is 0 Å². The molecule has 0 spiro atoms. The topological polar surface area (TPSA) is 103 Å². The fourth-order valence-corrected chi connectivity index (χ4v) is 4.44. The average Bonchev–Trinajstić information content (AvgIpc) is 3.22. The lowest BCUT2D eigenvalue weighted by atomic mass is 9.89. The van der Waals surface area contributed by atoms with Crippen LogP contribution in [0.5, 0.6) is 0 Å². The normalized spacial score (nSPS) is 13.3. The average molecular weight is 474 g/mol. The summed E-state index contributed by atoms with van der Waals surface area (Å²) in [6, 6.07) is 30.6. The Bertz CT molecular complexity index is 1440. The number of nitrogens with zero attached hydrogens (tertiary/aromatic N) is 2. The molecule has 4 aromatic carbocycles. The number of nitro benzene ring substituents is 2. The van der Waals surface area contributed by atoms with Crippen molar-refractivity contribution in [1.29, 1.82) is 0 Å². The molecule has 0 fully saturated rings. The molecule has 0 heterocycles. The minimum atomic E-state index is -0.474. The Morgan fingerprint density at radius 3 is 1.03 bits per heavy atom. The minimum absolute atomic E-state index is 0.0610. The first kappa shape index (κ1) is 22.6. The van der Waals surface area contributed by atoms with Crippen LogP contribution in [-0.4, -0.2) is 15.6 Å². The van der Waals surface area contributed by atoms with Gasteiger partial charge in [0.05, 0.1) is 9.85 Å². The number of hydrogen-bond acceptors (Lipinski definition) is 5. The van der Waals surface area contributed by atoms with E-state index in [2.05, 4.69) is 0 Å². The van der Waals surface area contributed by atoms with E-state index in [9.17, 15) is 25.0 Å². The SMILES string of the molecule is O=C1C(c2ccccc2)=C(c2ccc([N+](=O)[O-])cc2)C(c2ccc([N+](=O)[O-])cc2)=C1c1ccccc1. The van der Waals surface area contributed by atoms with E-state index >= 15 is 0 Å². The molecular weight excluding hydrogens is 456 g/mol. The highest BCUT2D eigenvalue weighted by molar-refractivity contribution is 6.59. The van der Waals surface area contributed by atoms with Gasteiger partial charge in [0, 0.05) is 46.6 Å². The predicted molar refractivity (Wildman–Crippen MR) is 138 cm³/mol. The first-order chi connectivity index (χ1) is 17.5. The molecule has 174 valence electrons. The fourth-order valence-electron chi connectivity index (χ4n) is 4.44. The van der Waals surface area contributed by atoms with Gasteiger partial charge in [-0.15, -0.1) is 0 Å². The Kier molecular flexibility index (Phi) is 5.80. The van der Waals surface area contributed by atoms with Crippen LogP contribution >= 0.6 is 0 Å². The lowest BCUT2D eigenvalue weighted by Gasteiger charge is -2.13. The zero-order valence-corrected chi connectivity index (χ0v) is 18.8. The minimum Gasteiger partial charge on any atom is -0.289 e. The molecule has 0 saturated carbocycles. The third-order valence-corrected chi connectivity index (χ3v) is 6.06. The van der Waals surface area contributed by atoms with E-state index < -0.39 is 9.85 Å². The second-order valence-corrected chi connectivity index (χ2v) is 8.17. The van der Waals surface area contributed by atoms with Crippen molar-refractivity contribution >= 4 is 39.5 Å². The lowest BCUT2D eigenvalue weighted by Crippen LogP contribution is -2.01. The van der Waals surface area contributed by atoms with Gasteiger partial charge in [-0.1, -0.05) is 60.7 Å². The summed E-state index contributed by atoms with van der Waals surface area (Å²) in [6.45, 7) is 0. The monoisotopic (exact) mass is 474 g/mol. The molecule has 0 amide bonds. The van der Waals surface area contributed by atoms with Crippen molar-refractivity contribution in [2.75, 3.05) is 0 Å². The van der Waals surface area contributed by atoms with E-state index in [1.807, 2.05) is 60.7 Å². The molecule has 4 aromatic rings. The van der Waals surface area contributed by atoms with Gasteiger partial charge in [0.15, 0.2) is 5.78 Å². The van der Waals surface area contributed by atoms with Gasteiger partial charge in [-0.3, -0.25) is 25.0 Å². The zero-order valence-electron chi connectivity index (χ0n) is 18.8. The second-order valence-electron chi connectivity index (χ2n) is 8.17. The number of carbonyl (C=O) groups excluding carboxylic acids is 1. The number of nitro groups is 2. The molecule has 36 heavy (non-hydrogen) atoms. The summed E-state index contributed by atoms with van der Waals surface area (Å²) in [5.74, 6) is -0.186. The Morgan fingerprint density at radius 1 is 0.417 bits per heavy atom. The maximum atomic E-state index is 14.1. The van der Waals surface area contributed by atoms with Crippen LogP contribution in [0.25, 0.3) is 22.3 Å². The Morgan fingerprint density at radius 2 is 0.722 bits per heavy atom. The number of allylic oxidation sites excluding steroid dienone is 4. The summed E-state index contributed by atoms with van der Waals surface area (Å²) in [5, 5.41) is 22.5.